The zero-order valence-electron chi connectivity index (χ0n) is 17.0. The third kappa shape index (κ3) is 7.21. The Bertz CT molecular complexity index is 774. The summed E-state index contributed by atoms with van der Waals surface area (Å²) in [5.41, 5.74) is 0.00918. The highest BCUT2D eigenvalue weighted by Crippen LogP contribution is 2.26. The van der Waals surface area contributed by atoms with Crippen LogP contribution in [0.5, 0.6) is 0 Å². The SMILES string of the molecule is CCS(=O)(=O)N(C)CCCNC(=NC)NC1CCN(c2c(F)cccc2F)C1.I. The standard InChI is InChI=1S/C18H29F2N5O2S.HI/c1-4-28(26,27)24(3)11-6-10-22-18(21-2)23-14-9-12-25(13-14)17-15(19)7-5-8-16(17)20;/h5,7-8,14H,4,6,9-13H2,1-3H3,(H2,21,22,23);1H. The topological polar surface area (TPSA) is 77.0 Å². The Kier molecular flexibility index (Phi) is 10.5. The van der Waals surface area contributed by atoms with E-state index in [0.717, 1.165) is 6.42 Å². The minimum absolute atomic E-state index is 0. The highest BCUT2D eigenvalue weighted by molar-refractivity contribution is 14.0. The number of sulfonamides is 1. The molecule has 1 aliphatic rings. The van der Waals surface area contributed by atoms with Crippen molar-refractivity contribution in [2.75, 3.05) is 50.9 Å². The molecule has 1 fully saturated rings. The number of aliphatic imine (C=N–C) groups is 1. The first-order chi connectivity index (χ1) is 13.3. The zero-order valence-corrected chi connectivity index (χ0v) is 20.1. The fourth-order valence-corrected chi connectivity index (χ4v) is 3.98. The van der Waals surface area contributed by atoms with Crippen molar-refractivity contribution in [1.29, 1.82) is 0 Å². The molecule has 0 saturated carbocycles. The molecule has 1 aromatic carbocycles. The number of hydrogen-bond donors (Lipinski definition) is 2. The largest absolute Gasteiger partial charge is 0.365 e. The monoisotopic (exact) mass is 545 g/mol. The predicted octanol–water partition coefficient (Wildman–Crippen LogP) is 2.00. The van der Waals surface area contributed by atoms with Crippen molar-refractivity contribution in [3.8, 4) is 0 Å². The van der Waals surface area contributed by atoms with E-state index in [4.69, 9.17) is 0 Å². The highest BCUT2D eigenvalue weighted by Gasteiger charge is 2.27. The van der Waals surface area contributed by atoms with Gasteiger partial charge in [-0.05, 0) is 31.9 Å². The molecule has 2 N–H and O–H groups in total. The van der Waals surface area contributed by atoms with Crippen LogP contribution in [0.1, 0.15) is 19.8 Å². The van der Waals surface area contributed by atoms with Crippen molar-refractivity contribution in [2.24, 2.45) is 4.99 Å². The first-order valence-electron chi connectivity index (χ1n) is 9.38. The second-order valence-electron chi connectivity index (χ2n) is 6.72. The van der Waals surface area contributed by atoms with Crippen molar-refractivity contribution in [3.05, 3.63) is 29.8 Å². The van der Waals surface area contributed by atoms with E-state index in [-0.39, 0.29) is 41.5 Å². The second-order valence-corrected chi connectivity index (χ2v) is 9.09. The minimum atomic E-state index is -3.17. The molecule has 1 atom stereocenters. The number of nitrogens with zero attached hydrogens (tertiary/aromatic N) is 3. The molecule has 29 heavy (non-hydrogen) atoms. The van der Waals surface area contributed by atoms with Gasteiger partial charge >= 0.3 is 0 Å². The first-order valence-corrected chi connectivity index (χ1v) is 11.0. The van der Waals surface area contributed by atoms with Crippen LogP contribution in [0.15, 0.2) is 23.2 Å². The van der Waals surface area contributed by atoms with Gasteiger partial charge in [-0.3, -0.25) is 4.99 Å². The van der Waals surface area contributed by atoms with Crippen LogP contribution in [-0.4, -0.2) is 70.8 Å². The van der Waals surface area contributed by atoms with Crippen molar-refractivity contribution >= 4 is 45.6 Å². The molecule has 0 bridgehead atoms. The first kappa shape index (κ1) is 25.8. The van der Waals surface area contributed by atoms with Gasteiger partial charge in [-0.15, -0.1) is 24.0 Å². The van der Waals surface area contributed by atoms with Gasteiger partial charge in [-0.25, -0.2) is 21.5 Å². The summed E-state index contributed by atoms with van der Waals surface area (Å²) < 4.78 is 52.7. The Balaban J connectivity index is 0.00000420. The van der Waals surface area contributed by atoms with E-state index in [9.17, 15) is 17.2 Å². The number of benzene rings is 1. The number of anilines is 1. The van der Waals surface area contributed by atoms with Crippen LogP contribution < -0.4 is 15.5 Å². The van der Waals surface area contributed by atoms with E-state index in [2.05, 4.69) is 15.6 Å². The lowest BCUT2D eigenvalue weighted by molar-refractivity contribution is 0.461. The third-order valence-electron chi connectivity index (χ3n) is 4.79. The summed E-state index contributed by atoms with van der Waals surface area (Å²) in [6.45, 7) is 3.61. The summed E-state index contributed by atoms with van der Waals surface area (Å²) >= 11 is 0. The van der Waals surface area contributed by atoms with E-state index >= 15 is 0 Å². The molecule has 0 spiro atoms. The lowest BCUT2D eigenvalue weighted by Gasteiger charge is -2.21. The fraction of sp³-hybridized carbons (Fsp3) is 0.611. The Morgan fingerprint density at radius 3 is 2.59 bits per heavy atom. The van der Waals surface area contributed by atoms with Gasteiger partial charge < -0.3 is 15.5 Å². The van der Waals surface area contributed by atoms with Crippen LogP contribution in [0.4, 0.5) is 14.5 Å². The van der Waals surface area contributed by atoms with Gasteiger partial charge in [0.2, 0.25) is 10.0 Å². The average molecular weight is 545 g/mol. The maximum atomic E-state index is 14.0. The Labute approximate surface area is 189 Å². The van der Waals surface area contributed by atoms with Crippen LogP contribution in [0.2, 0.25) is 0 Å². The number of halogens is 3. The number of guanidine groups is 1. The summed E-state index contributed by atoms with van der Waals surface area (Å²) in [6, 6.07) is 3.88. The molecule has 166 valence electrons. The molecule has 1 unspecified atom stereocenters. The second kappa shape index (κ2) is 11.8. The van der Waals surface area contributed by atoms with Crippen molar-refractivity contribution in [3.63, 3.8) is 0 Å². The predicted molar refractivity (Wildman–Crippen MR) is 124 cm³/mol. The smallest absolute Gasteiger partial charge is 0.213 e. The highest BCUT2D eigenvalue weighted by atomic mass is 127. The van der Waals surface area contributed by atoms with Crippen molar-refractivity contribution in [2.45, 2.75) is 25.8 Å². The number of hydrogen-bond acceptors (Lipinski definition) is 4. The summed E-state index contributed by atoms with van der Waals surface area (Å²) in [5, 5.41) is 6.40. The molecular formula is C18H30F2IN5O2S. The van der Waals surface area contributed by atoms with Crippen molar-refractivity contribution in [1.82, 2.24) is 14.9 Å². The fourth-order valence-electron chi connectivity index (χ4n) is 3.13. The molecule has 1 heterocycles. The van der Waals surface area contributed by atoms with Gasteiger partial charge in [0.25, 0.3) is 0 Å². The molecular weight excluding hydrogens is 515 g/mol. The Morgan fingerprint density at radius 1 is 1.34 bits per heavy atom. The van der Waals surface area contributed by atoms with Gasteiger partial charge in [0, 0.05) is 46.3 Å². The van der Waals surface area contributed by atoms with Crippen LogP contribution in [-0.2, 0) is 10.0 Å². The van der Waals surface area contributed by atoms with E-state index < -0.39 is 21.7 Å². The van der Waals surface area contributed by atoms with Gasteiger partial charge in [0.1, 0.15) is 17.3 Å². The van der Waals surface area contributed by atoms with Crippen LogP contribution >= 0.6 is 24.0 Å². The zero-order chi connectivity index (χ0) is 20.7. The minimum Gasteiger partial charge on any atom is -0.365 e. The molecule has 1 aliphatic heterocycles. The Hall–Kier alpha value is -1.21. The summed E-state index contributed by atoms with van der Waals surface area (Å²) in [5.74, 6) is -0.452. The van der Waals surface area contributed by atoms with Crippen LogP contribution in [0, 0.1) is 11.6 Å². The maximum Gasteiger partial charge on any atom is 0.213 e. The normalized spacial score (nSPS) is 17.4. The summed E-state index contributed by atoms with van der Waals surface area (Å²) in [4.78, 5) is 5.86. The van der Waals surface area contributed by atoms with E-state index in [1.807, 2.05) is 0 Å². The van der Waals surface area contributed by atoms with E-state index in [0.29, 0.717) is 38.6 Å². The number of rotatable bonds is 8. The van der Waals surface area contributed by atoms with E-state index in [1.165, 1.54) is 22.5 Å². The number of nitrogens with one attached hydrogen (secondary N) is 2. The molecule has 11 heteroatoms. The molecule has 0 aliphatic carbocycles. The molecule has 2 rings (SSSR count). The van der Waals surface area contributed by atoms with Gasteiger partial charge in [0.15, 0.2) is 5.96 Å². The van der Waals surface area contributed by atoms with Crippen molar-refractivity contribution < 1.29 is 17.2 Å². The van der Waals surface area contributed by atoms with Gasteiger partial charge in [-0.1, -0.05) is 6.07 Å². The van der Waals surface area contributed by atoms with Crippen LogP contribution in [0.25, 0.3) is 0 Å². The van der Waals surface area contributed by atoms with Gasteiger partial charge in [0.05, 0.1) is 5.75 Å². The van der Waals surface area contributed by atoms with Crippen LogP contribution in [0.3, 0.4) is 0 Å². The maximum absolute atomic E-state index is 14.0. The van der Waals surface area contributed by atoms with Gasteiger partial charge in [-0.2, -0.15) is 0 Å². The lowest BCUT2D eigenvalue weighted by atomic mass is 10.2. The summed E-state index contributed by atoms with van der Waals surface area (Å²) in [6.07, 6.45) is 1.36. The lowest BCUT2D eigenvalue weighted by Crippen LogP contribution is -2.45. The molecule has 0 aromatic heterocycles. The molecule has 1 aromatic rings. The number of para-hydroxylation sites is 1. The van der Waals surface area contributed by atoms with E-state index in [1.54, 1.807) is 25.9 Å². The molecule has 7 nitrogen and oxygen atoms in total. The quantitative estimate of drug-likeness (QED) is 0.226. The summed E-state index contributed by atoms with van der Waals surface area (Å²) in [7, 11) is 0.0456. The third-order valence-corrected chi connectivity index (χ3v) is 6.65. The Morgan fingerprint density at radius 2 is 2.00 bits per heavy atom. The molecule has 0 radical (unpaired) electrons. The molecule has 1 saturated heterocycles. The average Bonchev–Trinajstić information content (AvgIpc) is 3.11. The molecule has 0 amide bonds.